The molecule has 0 bridgehead atoms. The van der Waals surface area contributed by atoms with Gasteiger partial charge in [0.25, 0.3) is 0 Å². The molecule has 2 aliphatic rings. The number of likely N-dealkylation sites (tertiary alicyclic amines) is 1. The number of amides is 1. The van der Waals surface area contributed by atoms with Crippen LogP contribution in [0.2, 0.25) is 5.02 Å². The van der Waals surface area contributed by atoms with Gasteiger partial charge in [0.2, 0.25) is 0 Å². The molecule has 1 amide bonds. The number of ether oxygens (including phenoxy) is 2. The Bertz CT molecular complexity index is 1100. The number of hydrogen-bond acceptors (Lipinski definition) is 7. The second kappa shape index (κ2) is 12.2. The maximum absolute atomic E-state index is 13.2. The van der Waals surface area contributed by atoms with Gasteiger partial charge in [0.15, 0.2) is 0 Å². The van der Waals surface area contributed by atoms with Gasteiger partial charge in [0, 0.05) is 62.6 Å². The van der Waals surface area contributed by atoms with E-state index in [1.807, 2.05) is 45.0 Å². The van der Waals surface area contributed by atoms with Crippen LogP contribution in [0.1, 0.15) is 52.1 Å². The van der Waals surface area contributed by atoms with E-state index in [-0.39, 0.29) is 24.2 Å². The highest BCUT2D eigenvalue weighted by Crippen LogP contribution is 2.29. The number of piperidine rings is 1. The van der Waals surface area contributed by atoms with Gasteiger partial charge in [-0.3, -0.25) is 9.78 Å². The predicted octanol–water partition coefficient (Wildman–Crippen LogP) is 5.39. The third-order valence-corrected chi connectivity index (χ3v) is 7.03. The van der Waals surface area contributed by atoms with E-state index in [1.54, 1.807) is 11.1 Å². The molecular weight excluding hydrogens is 492 g/mol. The molecule has 0 saturated carbocycles. The largest absolute Gasteiger partial charge is 0.444 e. The highest BCUT2D eigenvalue weighted by Gasteiger charge is 2.31. The van der Waals surface area contributed by atoms with E-state index in [9.17, 15) is 9.59 Å². The normalized spacial score (nSPS) is 18.9. The first-order valence-corrected chi connectivity index (χ1v) is 13.5. The van der Waals surface area contributed by atoms with Gasteiger partial charge in [0.05, 0.1) is 10.7 Å². The Morgan fingerprint density at radius 1 is 1.22 bits per heavy atom. The number of Topliss-reactive ketones (excluding diaryl/α,β-unsaturated/α-hetero) is 1. The number of hydrogen-bond donors (Lipinski definition) is 1. The monoisotopic (exact) mass is 528 g/mol. The van der Waals surface area contributed by atoms with Gasteiger partial charge in [-0.25, -0.2) is 9.78 Å². The SMILES string of the molecule is CC(C)(C)OC(=O)N1CCC[C@@H](C(=O)Cc2cc(-c3cccc(NCC4CCOCC4)n3)c(Cl)cn2)C1. The molecule has 1 atom stereocenters. The van der Waals surface area contributed by atoms with Crippen LogP contribution in [0.15, 0.2) is 30.5 Å². The molecule has 200 valence electrons. The van der Waals surface area contributed by atoms with E-state index in [1.165, 1.54) is 0 Å². The molecule has 2 aromatic heterocycles. The van der Waals surface area contributed by atoms with Gasteiger partial charge in [-0.1, -0.05) is 17.7 Å². The topological polar surface area (TPSA) is 93.7 Å². The molecule has 0 radical (unpaired) electrons. The van der Waals surface area contributed by atoms with Crippen LogP contribution >= 0.6 is 11.6 Å². The fourth-order valence-electron chi connectivity index (χ4n) is 4.71. The molecule has 0 unspecified atom stereocenters. The Hall–Kier alpha value is -2.71. The standard InChI is InChI=1S/C28H37ClN4O4/c1-28(2,3)37-27(35)33-11-5-6-20(18-33)25(34)15-21-14-22(23(29)17-30-21)24-7-4-8-26(32-24)31-16-19-9-12-36-13-10-19/h4,7-8,14,17,19-20H,5-6,9-13,15-16,18H2,1-3H3,(H,31,32)/t20-/m1/s1. The minimum absolute atomic E-state index is 0.0638. The molecule has 2 fully saturated rings. The predicted molar refractivity (Wildman–Crippen MR) is 144 cm³/mol. The summed E-state index contributed by atoms with van der Waals surface area (Å²) < 4.78 is 10.9. The van der Waals surface area contributed by atoms with Crippen molar-refractivity contribution in [2.45, 2.75) is 58.5 Å². The summed E-state index contributed by atoms with van der Waals surface area (Å²) in [5, 5.41) is 3.92. The molecule has 0 aromatic carbocycles. The Morgan fingerprint density at radius 2 is 2.00 bits per heavy atom. The summed E-state index contributed by atoms with van der Waals surface area (Å²) in [6, 6.07) is 7.65. The van der Waals surface area contributed by atoms with Crippen molar-refractivity contribution in [3.8, 4) is 11.3 Å². The lowest BCUT2D eigenvalue weighted by Crippen LogP contribution is -2.44. The number of pyridine rings is 2. The molecule has 0 spiro atoms. The smallest absolute Gasteiger partial charge is 0.410 e. The summed E-state index contributed by atoms with van der Waals surface area (Å²) in [6.45, 7) is 8.98. The third-order valence-electron chi connectivity index (χ3n) is 6.73. The number of halogens is 1. The van der Waals surface area contributed by atoms with Crippen molar-refractivity contribution in [2.24, 2.45) is 11.8 Å². The van der Waals surface area contributed by atoms with E-state index in [0.29, 0.717) is 29.7 Å². The average molecular weight is 529 g/mol. The van der Waals surface area contributed by atoms with Crippen LogP contribution in [-0.4, -0.2) is 65.2 Å². The number of carbonyl (C=O) groups excluding carboxylic acids is 2. The lowest BCUT2D eigenvalue weighted by Gasteiger charge is -2.33. The van der Waals surface area contributed by atoms with Crippen molar-refractivity contribution >= 4 is 29.3 Å². The molecule has 8 nitrogen and oxygen atoms in total. The molecule has 1 N–H and O–H groups in total. The van der Waals surface area contributed by atoms with Gasteiger partial charge in [-0.2, -0.15) is 0 Å². The molecule has 4 rings (SSSR count). The van der Waals surface area contributed by atoms with Crippen molar-refractivity contribution in [1.82, 2.24) is 14.9 Å². The maximum Gasteiger partial charge on any atom is 0.410 e. The molecule has 2 aromatic rings. The molecular formula is C28H37ClN4O4. The third kappa shape index (κ3) is 7.89. The van der Waals surface area contributed by atoms with Crippen molar-refractivity contribution in [3.05, 3.63) is 41.2 Å². The minimum Gasteiger partial charge on any atom is -0.444 e. The van der Waals surface area contributed by atoms with E-state index >= 15 is 0 Å². The number of nitrogens with one attached hydrogen (secondary N) is 1. The van der Waals surface area contributed by atoms with E-state index in [4.69, 9.17) is 26.1 Å². The number of anilines is 1. The average Bonchev–Trinajstić information content (AvgIpc) is 2.88. The summed E-state index contributed by atoms with van der Waals surface area (Å²) in [5.74, 6) is 1.19. The van der Waals surface area contributed by atoms with E-state index < -0.39 is 5.60 Å². The molecule has 37 heavy (non-hydrogen) atoms. The number of ketones is 1. The molecule has 4 heterocycles. The van der Waals surface area contributed by atoms with Crippen LogP contribution in [-0.2, 0) is 20.7 Å². The number of carbonyl (C=O) groups is 2. The Balaban J connectivity index is 1.40. The van der Waals surface area contributed by atoms with Crippen LogP contribution in [0.25, 0.3) is 11.3 Å². The zero-order valence-electron chi connectivity index (χ0n) is 22.0. The first-order chi connectivity index (χ1) is 17.7. The number of aromatic nitrogens is 2. The number of nitrogens with zero attached hydrogens (tertiary/aromatic N) is 3. The second-order valence-electron chi connectivity index (χ2n) is 10.9. The summed E-state index contributed by atoms with van der Waals surface area (Å²) in [4.78, 5) is 36.5. The van der Waals surface area contributed by atoms with Crippen LogP contribution in [0, 0.1) is 11.8 Å². The number of rotatable bonds is 7. The van der Waals surface area contributed by atoms with Crippen molar-refractivity contribution in [1.29, 1.82) is 0 Å². The van der Waals surface area contributed by atoms with Crippen LogP contribution in [0.3, 0.4) is 0 Å². The molecule has 2 saturated heterocycles. The van der Waals surface area contributed by atoms with Crippen LogP contribution in [0.5, 0.6) is 0 Å². The molecule has 9 heteroatoms. The summed E-state index contributed by atoms with van der Waals surface area (Å²) in [6.07, 6.45) is 5.02. The van der Waals surface area contributed by atoms with Crippen LogP contribution in [0.4, 0.5) is 10.6 Å². The highest BCUT2D eigenvalue weighted by molar-refractivity contribution is 6.33. The summed E-state index contributed by atoms with van der Waals surface area (Å²) in [5.41, 5.74) is 1.55. The maximum atomic E-state index is 13.2. The Morgan fingerprint density at radius 3 is 2.76 bits per heavy atom. The van der Waals surface area contributed by atoms with Gasteiger partial charge in [-0.15, -0.1) is 0 Å². The first-order valence-electron chi connectivity index (χ1n) is 13.1. The summed E-state index contributed by atoms with van der Waals surface area (Å²) >= 11 is 6.49. The van der Waals surface area contributed by atoms with Gasteiger partial charge in [-0.05, 0) is 70.6 Å². The lowest BCUT2D eigenvalue weighted by atomic mass is 9.91. The van der Waals surface area contributed by atoms with Gasteiger partial charge < -0.3 is 19.7 Å². The van der Waals surface area contributed by atoms with Crippen LogP contribution < -0.4 is 5.32 Å². The first kappa shape index (κ1) is 27.3. The lowest BCUT2D eigenvalue weighted by molar-refractivity contribution is -0.123. The zero-order chi connectivity index (χ0) is 26.4. The fraction of sp³-hybridized carbons (Fsp3) is 0.571. The zero-order valence-corrected chi connectivity index (χ0v) is 22.7. The molecule has 2 aliphatic heterocycles. The quantitative estimate of drug-likeness (QED) is 0.514. The Kier molecular flexibility index (Phi) is 9.03. The minimum atomic E-state index is -0.566. The second-order valence-corrected chi connectivity index (χ2v) is 11.3. The van der Waals surface area contributed by atoms with Gasteiger partial charge >= 0.3 is 6.09 Å². The van der Waals surface area contributed by atoms with Crippen molar-refractivity contribution < 1.29 is 19.1 Å². The fourth-order valence-corrected chi connectivity index (χ4v) is 4.91. The highest BCUT2D eigenvalue weighted by atomic mass is 35.5. The van der Waals surface area contributed by atoms with Crippen molar-refractivity contribution in [3.63, 3.8) is 0 Å². The molecule has 0 aliphatic carbocycles. The van der Waals surface area contributed by atoms with Gasteiger partial charge in [0.1, 0.15) is 17.2 Å². The Labute approximate surface area is 224 Å². The van der Waals surface area contributed by atoms with E-state index in [0.717, 1.165) is 62.5 Å². The summed E-state index contributed by atoms with van der Waals surface area (Å²) in [7, 11) is 0. The van der Waals surface area contributed by atoms with E-state index in [2.05, 4.69) is 10.3 Å². The van der Waals surface area contributed by atoms with Crippen molar-refractivity contribution in [2.75, 3.05) is 38.2 Å².